The van der Waals surface area contributed by atoms with E-state index in [4.69, 9.17) is 0 Å². The van der Waals surface area contributed by atoms with E-state index in [1.54, 1.807) is 0 Å². The third-order valence-corrected chi connectivity index (χ3v) is 4.93. The molecule has 2 heteroatoms. The van der Waals surface area contributed by atoms with Crippen LogP contribution in [0.3, 0.4) is 0 Å². The topological polar surface area (TPSA) is 23.5 Å². The lowest BCUT2D eigenvalue weighted by molar-refractivity contribution is 0.0303. The average Bonchev–Trinajstić information content (AvgIpc) is 2.61. The molecule has 1 aliphatic heterocycles. The molecule has 0 aromatic heterocycles. The first kappa shape index (κ1) is 13.4. The van der Waals surface area contributed by atoms with Crippen LogP contribution in [0.5, 0.6) is 0 Å². The van der Waals surface area contributed by atoms with E-state index in [-0.39, 0.29) is 5.41 Å². The monoisotopic (exact) mass is 239 g/mol. The summed E-state index contributed by atoms with van der Waals surface area (Å²) >= 11 is 0. The Kier molecular flexibility index (Phi) is 4.87. The van der Waals surface area contributed by atoms with Crippen molar-refractivity contribution in [1.82, 2.24) is 4.90 Å². The lowest BCUT2D eigenvalue weighted by atomic mass is 9.71. The number of rotatable bonds is 3. The van der Waals surface area contributed by atoms with Crippen LogP contribution in [0.15, 0.2) is 0 Å². The van der Waals surface area contributed by atoms with Crippen molar-refractivity contribution in [2.75, 3.05) is 26.2 Å². The Balaban J connectivity index is 1.89. The van der Waals surface area contributed by atoms with E-state index < -0.39 is 0 Å². The fourth-order valence-electron chi connectivity index (χ4n) is 3.51. The highest BCUT2D eigenvalue weighted by molar-refractivity contribution is 4.87. The molecule has 1 saturated heterocycles. The van der Waals surface area contributed by atoms with Gasteiger partial charge in [0.1, 0.15) is 0 Å². The molecular weight excluding hydrogens is 210 g/mol. The average molecular weight is 239 g/mol. The first-order valence-electron chi connectivity index (χ1n) is 7.57. The van der Waals surface area contributed by atoms with Crippen LogP contribution in [0.25, 0.3) is 0 Å². The Bertz CT molecular complexity index is 213. The molecule has 2 aliphatic rings. The Labute approximate surface area is 106 Å². The van der Waals surface area contributed by atoms with Gasteiger partial charge in [-0.15, -0.1) is 0 Å². The summed E-state index contributed by atoms with van der Waals surface area (Å²) in [4.78, 5) is 2.62. The van der Waals surface area contributed by atoms with Crippen LogP contribution in [0.2, 0.25) is 0 Å². The van der Waals surface area contributed by atoms with Crippen molar-refractivity contribution < 1.29 is 5.11 Å². The third-order valence-electron chi connectivity index (χ3n) is 4.93. The van der Waals surface area contributed by atoms with Crippen molar-refractivity contribution in [3.8, 4) is 0 Å². The van der Waals surface area contributed by atoms with Gasteiger partial charge in [0.25, 0.3) is 0 Å². The van der Waals surface area contributed by atoms with E-state index in [1.165, 1.54) is 64.5 Å². The van der Waals surface area contributed by atoms with Crippen LogP contribution in [-0.2, 0) is 0 Å². The van der Waals surface area contributed by atoms with Crippen LogP contribution in [0.1, 0.15) is 58.3 Å². The van der Waals surface area contributed by atoms with Gasteiger partial charge in [-0.25, -0.2) is 0 Å². The van der Waals surface area contributed by atoms with E-state index in [0.717, 1.165) is 12.5 Å². The Morgan fingerprint density at radius 2 is 1.65 bits per heavy atom. The van der Waals surface area contributed by atoms with Crippen molar-refractivity contribution in [2.45, 2.75) is 58.3 Å². The molecule has 2 rings (SSSR count). The van der Waals surface area contributed by atoms with Crippen molar-refractivity contribution in [3.05, 3.63) is 0 Å². The summed E-state index contributed by atoms with van der Waals surface area (Å²) < 4.78 is 0. The van der Waals surface area contributed by atoms with E-state index in [0.29, 0.717) is 6.61 Å². The zero-order valence-corrected chi connectivity index (χ0v) is 11.5. The molecule has 1 aliphatic carbocycles. The molecule has 17 heavy (non-hydrogen) atoms. The molecule has 1 saturated carbocycles. The molecule has 2 nitrogen and oxygen atoms in total. The van der Waals surface area contributed by atoms with Crippen LogP contribution in [-0.4, -0.2) is 36.2 Å². The van der Waals surface area contributed by atoms with Crippen LogP contribution in [0, 0.1) is 11.3 Å². The smallest absolute Gasteiger partial charge is 0.0499 e. The van der Waals surface area contributed by atoms with Gasteiger partial charge in [0.2, 0.25) is 0 Å². The SMILES string of the molecule is CC1CCC(CO)(CN2CCCCCC2)CC1. The standard InChI is InChI=1S/C15H29NO/c1-14-6-8-15(13-17,9-7-14)12-16-10-4-2-3-5-11-16/h14,17H,2-13H2,1H3. The van der Waals surface area contributed by atoms with Gasteiger partial charge in [-0.3, -0.25) is 0 Å². The zero-order valence-electron chi connectivity index (χ0n) is 11.5. The maximum absolute atomic E-state index is 9.80. The molecule has 0 radical (unpaired) electrons. The summed E-state index contributed by atoms with van der Waals surface area (Å²) in [5.41, 5.74) is 0.233. The maximum atomic E-state index is 9.80. The van der Waals surface area contributed by atoms with Crippen molar-refractivity contribution in [3.63, 3.8) is 0 Å². The van der Waals surface area contributed by atoms with Gasteiger partial charge in [-0.05, 0) is 44.7 Å². The van der Waals surface area contributed by atoms with Crippen LogP contribution in [0.4, 0.5) is 0 Å². The van der Waals surface area contributed by atoms with Crippen LogP contribution < -0.4 is 0 Å². The minimum atomic E-state index is 0.233. The number of aliphatic hydroxyl groups is 1. The normalized spacial score (nSPS) is 36.7. The minimum Gasteiger partial charge on any atom is -0.396 e. The van der Waals surface area contributed by atoms with Crippen LogP contribution >= 0.6 is 0 Å². The van der Waals surface area contributed by atoms with E-state index in [1.807, 2.05) is 0 Å². The number of hydrogen-bond acceptors (Lipinski definition) is 2. The second-order valence-corrected chi connectivity index (χ2v) is 6.53. The molecule has 0 bridgehead atoms. The van der Waals surface area contributed by atoms with E-state index >= 15 is 0 Å². The van der Waals surface area contributed by atoms with E-state index in [2.05, 4.69) is 11.8 Å². The third kappa shape index (κ3) is 3.69. The molecule has 0 amide bonds. The first-order chi connectivity index (χ1) is 8.24. The van der Waals surface area contributed by atoms with E-state index in [9.17, 15) is 5.11 Å². The largest absolute Gasteiger partial charge is 0.396 e. The maximum Gasteiger partial charge on any atom is 0.0499 e. The highest BCUT2D eigenvalue weighted by Gasteiger charge is 2.35. The second-order valence-electron chi connectivity index (χ2n) is 6.53. The van der Waals surface area contributed by atoms with Gasteiger partial charge >= 0.3 is 0 Å². The number of hydrogen-bond donors (Lipinski definition) is 1. The van der Waals surface area contributed by atoms with Gasteiger partial charge in [-0.1, -0.05) is 32.6 Å². The molecule has 0 unspecified atom stereocenters. The van der Waals surface area contributed by atoms with Gasteiger partial charge in [0.15, 0.2) is 0 Å². The lowest BCUT2D eigenvalue weighted by Gasteiger charge is -2.41. The summed E-state index contributed by atoms with van der Waals surface area (Å²) in [6, 6.07) is 0. The molecule has 1 N–H and O–H groups in total. The molecule has 0 spiro atoms. The van der Waals surface area contributed by atoms with Gasteiger partial charge < -0.3 is 10.0 Å². The lowest BCUT2D eigenvalue weighted by Crippen LogP contribution is -2.42. The predicted octanol–water partition coefficient (Wildman–Crippen LogP) is 3.05. The first-order valence-corrected chi connectivity index (χ1v) is 7.57. The zero-order chi connectivity index (χ0) is 12.1. The molecule has 1 heterocycles. The molecule has 0 aromatic rings. The number of nitrogens with zero attached hydrogens (tertiary/aromatic N) is 1. The van der Waals surface area contributed by atoms with Crippen molar-refractivity contribution >= 4 is 0 Å². The quantitative estimate of drug-likeness (QED) is 0.818. The summed E-state index contributed by atoms with van der Waals surface area (Å²) in [6.07, 6.45) is 10.6. The van der Waals surface area contributed by atoms with Gasteiger partial charge in [0, 0.05) is 18.6 Å². The van der Waals surface area contributed by atoms with Gasteiger partial charge in [-0.2, -0.15) is 0 Å². The summed E-state index contributed by atoms with van der Waals surface area (Å²) in [6.45, 7) is 6.42. The summed E-state index contributed by atoms with van der Waals surface area (Å²) in [5.74, 6) is 0.874. The summed E-state index contributed by atoms with van der Waals surface area (Å²) in [7, 11) is 0. The highest BCUT2D eigenvalue weighted by Crippen LogP contribution is 2.39. The minimum absolute atomic E-state index is 0.233. The molecule has 100 valence electrons. The fraction of sp³-hybridized carbons (Fsp3) is 1.00. The predicted molar refractivity (Wildman–Crippen MR) is 72.1 cm³/mol. The second kappa shape index (κ2) is 6.19. The Morgan fingerprint density at radius 1 is 1.06 bits per heavy atom. The molecule has 0 aromatic carbocycles. The summed E-state index contributed by atoms with van der Waals surface area (Å²) in [5, 5.41) is 9.80. The van der Waals surface area contributed by atoms with Crippen molar-refractivity contribution in [2.24, 2.45) is 11.3 Å². The number of aliphatic hydroxyl groups excluding tert-OH is 1. The van der Waals surface area contributed by atoms with Crippen molar-refractivity contribution in [1.29, 1.82) is 0 Å². The molecule has 0 atom stereocenters. The Morgan fingerprint density at radius 3 is 2.18 bits per heavy atom. The van der Waals surface area contributed by atoms with Gasteiger partial charge in [0.05, 0.1) is 0 Å². The Hall–Kier alpha value is -0.0800. The fourth-order valence-corrected chi connectivity index (χ4v) is 3.51. The number of likely N-dealkylation sites (tertiary alicyclic amines) is 1. The molecular formula is C15H29NO. The highest BCUT2D eigenvalue weighted by atomic mass is 16.3. The molecule has 2 fully saturated rings.